The van der Waals surface area contributed by atoms with Gasteiger partial charge in [-0.25, -0.2) is 0 Å². The topological polar surface area (TPSA) is 87.3 Å². The van der Waals surface area contributed by atoms with Crippen molar-refractivity contribution in [2.24, 2.45) is 0 Å². The smallest absolute Gasteiger partial charge is 0.249 e. The van der Waals surface area contributed by atoms with E-state index in [1.165, 1.54) is 0 Å². The minimum Gasteiger partial charge on any atom is -0.385 e. The molecular weight excluding hydrogens is 464 g/mol. The van der Waals surface area contributed by atoms with Gasteiger partial charge in [0.1, 0.15) is 6.04 Å². The summed E-state index contributed by atoms with van der Waals surface area (Å²) < 4.78 is 5.23. The minimum atomic E-state index is -0.820. The Morgan fingerprint density at radius 3 is 2.68 bits per heavy atom. The molecule has 194 valence electrons. The van der Waals surface area contributed by atoms with Crippen LogP contribution >= 0.6 is 0 Å². The van der Waals surface area contributed by atoms with E-state index in [4.69, 9.17) is 4.74 Å². The number of aromatic amines is 1. The van der Waals surface area contributed by atoms with Crippen LogP contribution in [-0.2, 0) is 20.7 Å². The van der Waals surface area contributed by atoms with E-state index in [1.54, 1.807) is 13.3 Å². The Hall–Kier alpha value is -3.71. The first kappa shape index (κ1) is 26.4. The molecule has 0 aliphatic heterocycles. The third-order valence-corrected chi connectivity index (χ3v) is 6.64. The van der Waals surface area contributed by atoms with E-state index < -0.39 is 6.04 Å². The molecule has 0 unspecified atom stereocenters. The average molecular weight is 501 g/mol. The van der Waals surface area contributed by atoms with E-state index in [0.717, 1.165) is 53.1 Å². The summed E-state index contributed by atoms with van der Waals surface area (Å²) in [5.41, 5.74) is 3.42. The van der Waals surface area contributed by atoms with E-state index >= 15 is 0 Å². The summed E-state index contributed by atoms with van der Waals surface area (Å²) in [5, 5.41) is 4.99. The second kappa shape index (κ2) is 13.0. The fraction of sp³-hybridized carbons (Fsp3) is 0.367. The zero-order chi connectivity index (χ0) is 26.0. The predicted molar refractivity (Wildman–Crippen MR) is 147 cm³/mol. The lowest BCUT2D eigenvalue weighted by Crippen LogP contribution is -2.44. The molecule has 0 bridgehead atoms. The molecule has 2 aromatic carbocycles. The van der Waals surface area contributed by atoms with Crippen LogP contribution in [0.5, 0.6) is 0 Å². The van der Waals surface area contributed by atoms with Crippen LogP contribution < -0.4 is 5.32 Å². The van der Waals surface area contributed by atoms with Crippen molar-refractivity contribution in [2.75, 3.05) is 26.8 Å². The van der Waals surface area contributed by atoms with Gasteiger partial charge in [-0.3, -0.25) is 14.6 Å². The van der Waals surface area contributed by atoms with E-state index in [0.29, 0.717) is 25.3 Å². The Bertz CT molecular complexity index is 1320. The number of carbonyl (C=O) groups excluding carboxylic acids is 2. The molecule has 0 spiro atoms. The molecule has 37 heavy (non-hydrogen) atoms. The summed E-state index contributed by atoms with van der Waals surface area (Å²) in [6, 6.07) is 16.8. The monoisotopic (exact) mass is 500 g/mol. The lowest BCUT2D eigenvalue weighted by molar-refractivity contribution is -0.136. The Balaban J connectivity index is 1.61. The van der Waals surface area contributed by atoms with Gasteiger partial charge in [-0.1, -0.05) is 56.2 Å². The third-order valence-electron chi connectivity index (χ3n) is 6.64. The summed E-state index contributed by atoms with van der Waals surface area (Å²) >= 11 is 0. The molecule has 0 saturated carbocycles. The van der Waals surface area contributed by atoms with Crippen molar-refractivity contribution in [2.45, 2.75) is 45.1 Å². The standard InChI is InChI=1S/C30H36N4O3/c1-3-4-9-15-34(16-10-17-37-2)30(36)29(24-18-22-11-5-7-13-26(22)31-21-24)33-28(35)19-23-20-32-27-14-8-6-12-25(23)27/h5-8,11-14,18,20-21,29,32H,3-4,9-10,15-17,19H2,1-2H3,(H,33,35)/t29-/m0/s1. The molecule has 7 nitrogen and oxygen atoms in total. The van der Waals surface area contributed by atoms with Crippen molar-refractivity contribution >= 4 is 33.6 Å². The molecule has 7 heteroatoms. The number of rotatable bonds is 13. The number of fused-ring (bicyclic) bond motifs is 2. The Labute approximate surface area is 218 Å². The molecule has 0 fully saturated rings. The lowest BCUT2D eigenvalue weighted by Gasteiger charge is -2.28. The Morgan fingerprint density at radius 1 is 1.05 bits per heavy atom. The maximum Gasteiger partial charge on any atom is 0.249 e. The zero-order valence-corrected chi connectivity index (χ0v) is 21.7. The highest BCUT2D eigenvalue weighted by Gasteiger charge is 2.28. The number of hydrogen-bond acceptors (Lipinski definition) is 4. The first-order chi connectivity index (χ1) is 18.1. The molecule has 1 atom stereocenters. The van der Waals surface area contributed by atoms with Crippen molar-refractivity contribution < 1.29 is 14.3 Å². The number of ether oxygens (including phenoxy) is 1. The summed E-state index contributed by atoms with van der Waals surface area (Å²) in [6.07, 6.45) is 7.51. The van der Waals surface area contributed by atoms with Crippen LogP contribution in [-0.4, -0.2) is 53.5 Å². The first-order valence-electron chi connectivity index (χ1n) is 13.1. The van der Waals surface area contributed by atoms with Gasteiger partial charge in [-0.15, -0.1) is 0 Å². The second-order valence-corrected chi connectivity index (χ2v) is 9.38. The predicted octanol–water partition coefficient (Wildman–Crippen LogP) is 5.17. The number of amides is 2. The molecule has 2 amide bonds. The number of pyridine rings is 1. The van der Waals surface area contributed by atoms with E-state index in [2.05, 4.69) is 22.2 Å². The van der Waals surface area contributed by atoms with Gasteiger partial charge in [0.05, 0.1) is 11.9 Å². The summed E-state index contributed by atoms with van der Waals surface area (Å²) in [4.78, 5) is 36.9. The fourth-order valence-electron chi connectivity index (χ4n) is 4.66. The first-order valence-corrected chi connectivity index (χ1v) is 13.1. The van der Waals surface area contributed by atoms with Crippen LogP contribution in [0, 0.1) is 0 Å². The normalized spacial score (nSPS) is 12.1. The molecule has 4 aromatic rings. The summed E-state index contributed by atoms with van der Waals surface area (Å²) in [5.74, 6) is -0.321. The molecule has 0 aliphatic carbocycles. The number of unbranched alkanes of at least 4 members (excludes halogenated alkanes) is 2. The van der Waals surface area contributed by atoms with Gasteiger partial charge in [0.15, 0.2) is 0 Å². The van der Waals surface area contributed by atoms with Crippen molar-refractivity contribution in [3.8, 4) is 0 Å². The molecule has 0 radical (unpaired) electrons. The molecule has 2 heterocycles. The number of benzene rings is 2. The number of methoxy groups -OCH3 is 1. The fourth-order valence-corrected chi connectivity index (χ4v) is 4.66. The van der Waals surface area contributed by atoms with Gasteiger partial charge in [-0.2, -0.15) is 0 Å². The van der Waals surface area contributed by atoms with Crippen molar-refractivity contribution in [1.82, 2.24) is 20.2 Å². The van der Waals surface area contributed by atoms with Crippen LogP contribution in [0.15, 0.2) is 67.0 Å². The van der Waals surface area contributed by atoms with Crippen LogP contribution in [0.25, 0.3) is 21.8 Å². The van der Waals surface area contributed by atoms with Gasteiger partial charge in [0, 0.05) is 61.1 Å². The molecular formula is C30H36N4O3. The zero-order valence-electron chi connectivity index (χ0n) is 21.7. The molecule has 2 N–H and O–H groups in total. The maximum atomic E-state index is 14.0. The van der Waals surface area contributed by atoms with E-state index in [9.17, 15) is 9.59 Å². The Morgan fingerprint density at radius 2 is 1.84 bits per heavy atom. The number of carbonyl (C=O) groups is 2. The number of aromatic nitrogens is 2. The lowest BCUT2D eigenvalue weighted by atomic mass is 10.0. The van der Waals surface area contributed by atoms with E-state index in [-0.39, 0.29) is 18.2 Å². The van der Waals surface area contributed by atoms with Gasteiger partial charge in [0.25, 0.3) is 0 Å². The SMILES string of the molecule is CCCCCN(CCCOC)C(=O)[C@@H](NC(=O)Cc1c[nH]c2ccccc12)c1cnc2ccccc2c1. The Kier molecular flexibility index (Phi) is 9.27. The van der Waals surface area contributed by atoms with Gasteiger partial charge in [0.2, 0.25) is 11.8 Å². The van der Waals surface area contributed by atoms with Gasteiger partial charge >= 0.3 is 0 Å². The van der Waals surface area contributed by atoms with Crippen LogP contribution in [0.4, 0.5) is 0 Å². The molecule has 2 aromatic heterocycles. The van der Waals surface area contributed by atoms with E-state index in [1.807, 2.05) is 65.7 Å². The van der Waals surface area contributed by atoms with Crippen molar-refractivity contribution in [3.05, 3.63) is 78.1 Å². The largest absolute Gasteiger partial charge is 0.385 e. The summed E-state index contributed by atoms with van der Waals surface area (Å²) in [7, 11) is 1.66. The molecule has 4 rings (SSSR count). The van der Waals surface area contributed by atoms with Crippen molar-refractivity contribution in [1.29, 1.82) is 0 Å². The number of para-hydroxylation sites is 2. The number of hydrogen-bond donors (Lipinski definition) is 2. The maximum absolute atomic E-state index is 14.0. The highest BCUT2D eigenvalue weighted by atomic mass is 16.5. The quantitative estimate of drug-likeness (QED) is 0.248. The third kappa shape index (κ3) is 6.74. The number of H-pyrrole nitrogens is 1. The molecule has 0 saturated heterocycles. The van der Waals surface area contributed by atoms with Gasteiger partial charge in [-0.05, 0) is 36.6 Å². The van der Waals surface area contributed by atoms with Crippen LogP contribution in [0.3, 0.4) is 0 Å². The number of nitrogens with one attached hydrogen (secondary N) is 2. The minimum absolute atomic E-state index is 0.114. The highest BCUT2D eigenvalue weighted by Crippen LogP contribution is 2.23. The number of nitrogens with zero attached hydrogens (tertiary/aromatic N) is 2. The van der Waals surface area contributed by atoms with Gasteiger partial charge < -0.3 is 19.9 Å². The van der Waals surface area contributed by atoms with Crippen LogP contribution in [0.2, 0.25) is 0 Å². The summed E-state index contributed by atoms with van der Waals surface area (Å²) in [6.45, 7) is 3.94. The average Bonchev–Trinajstić information content (AvgIpc) is 3.33. The highest BCUT2D eigenvalue weighted by molar-refractivity contribution is 5.93. The second-order valence-electron chi connectivity index (χ2n) is 9.38. The van der Waals surface area contributed by atoms with Crippen LogP contribution in [0.1, 0.15) is 49.8 Å². The van der Waals surface area contributed by atoms with Crippen molar-refractivity contribution in [3.63, 3.8) is 0 Å². The molecule has 0 aliphatic rings.